The number of aromatic amines is 1. The summed E-state index contributed by atoms with van der Waals surface area (Å²) in [5, 5.41) is 5.40. The Morgan fingerprint density at radius 3 is 2.82 bits per heavy atom. The number of benzene rings is 1. The zero-order valence-electron chi connectivity index (χ0n) is 16.7. The summed E-state index contributed by atoms with van der Waals surface area (Å²) in [7, 11) is 0. The second-order valence-corrected chi connectivity index (χ2v) is 8.23. The third kappa shape index (κ3) is 3.59. The Balaban J connectivity index is 1.31. The highest BCUT2D eigenvalue weighted by Crippen LogP contribution is 2.32. The number of nitrogens with zero attached hydrogens (tertiary/aromatic N) is 4. The number of hydrogen-bond acceptors (Lipinski definition) is 5. The molecule has 2 saturated heterocycles. The highest BCUT2D eigenvalue weighted by Gasteiger charge is 2.30. The minimum absolute atomic E-state index is 0.250. The molecular weight excluding hydrogens is 350 g/mol. The lowest BCUT2D eigenvalue weighted by atomic mass is 10.1. The molecule has 6 heteroatoms. The van der Waals surface area contributed by atoms with Crippen molar-refractivity contribution < 1.29 is 4.52 Å². The number of nitrogens with one attached hydrogen (secondary N) is 1. The topological polar surface area (TPSA) is 61.2 Å². The molecule has 0 aliphatic carbocycles. The highest BCUT2D eigenvalue weighted by molar-refractivity contribution is 5.81. The summed E-state index contributed by atoms with van der Waals surface area (Å²) in [6.07, 6.45) is 5.76. The SMILES string of the molecule is CCc1noc([C@@H]2CCCN2Cc2ccc3[nH]c(CN4CCCC4)cc3c2)n1. The van der Waals surface area contributed by atoms with Crippen LogP contribution in [0.15, 0.2) is 28.8 Å². The van der Waals surface area contributed by atoms with Gasteiger partial charge in [0.2, 0.25) is 5.89 Å². The second kappa shape index (κ2) is 7.68. The maximum absolute atomic E-state index is 5.53. The Morgan fingerprint density at radius 2 is 2.00 bits per heavy atom. The van der Waals surface area contributed by atoms with E-state index in [0.717, 1.165) is 44.2 Å². The number of aromatic nitrogens is 3. The Labute approximate surface area is 165 Å². The van der Waals surface area contributed by atoms with E-state index in [1.54, 1.807) is 0 Å². The van der Waals surface area contributed by atoms with Crippen molar-refractivity contribution in [1.29, 1.82) is 0 Å². The van der Waals surface area contributed by atoms with Gasteiger partial charge < -0.3 is 9.51 Å². The first-order valence-corrected chi connectivity index (χ1v) is 10.7. The summed E-state index contributed by atoms with van der Waals surface area (Å²) in [5.74, 6) is 1.59. The van der Waals surface area contributed by atoms with Gasteiger partial charge in [0.25, 0.3) is 0 Å². The summed E-state index contributed by atoms with van der Waals surface area (Å²) in [5.41, 5.74) is 3.91. The lowest BCUT2D eigenvalue weighted by Gasteiger charge is -2.21. The van der Waals surface area contributed by atoms with E-state index in [0.29, 0.717) is 0 Å². The van der Waals surface area contributed by atoms with Crippen molar-refractivity contribution in [2.75, 3.05) is 19.6 Å². The standard InChI is InChI=1S/C22H29N5O/c1-2-21-24-22(28-25-21)20-6-5-11-27(20)14-16-7-8-19-17(12-16)13-18(23-19)15-26-9-3-4-10-26/h7-8,12-13,20,23H,2-6,9-11,14-15H2,1H3/t20-/m0/s1. The molecule has 1 aromatic carbocycles. The Bertz CT molecular complexity index is 939. The summed E-state index contributed by atoms with van der Waals surface area (Å²) < 4.78 is 5.53. The number of likely N-dealkylation sites (tertiary alicyclic amines) is 2. The van der Waals surface area contributed by atoms with Gasteiger partial charge in [0.05, 0.1) is 6.04 Å². The molecule has 1 atom stereocenters. The van der Waals surface area contributed by atoms with Crippen LogP contribution < -0.4 is 0 Å². The molecule has 0 bridgehead atoms. The maximum Gasteiger partial charge on any atom is 0.244 e. The third-order valence-electron chi connectivity index (χ3n) is 6.17. The monoisotopic (exact) mass is 379 g/mol. The zero-order chi connectivity index (χ0) is 18.9. The molecule has 1 N–H and O–H groups in total. The normalized spacial score (nSPS) is 21.2. The van der Waals surface area contributed by atoms with E-state index in [2.05, 4.69) is 56.1 Å². The zero-order valence-corrected chi connectivity index (χ0v) is 16.7. The summed E-state index contributed by atoms with van der Waals surface area (Å²) in [6, 6.07) is 9.38. The van der Waals surface area contributed by atoms with E-state index >= 15 is 0 Å². The molecule has 148 valence electrons. The molecule has 0 spiro atoms. The van der Waals surface area contributed by atoms with Crippen LogP contribution in [-0.4, -0.2) is 44.6 Å². The average Bonchev–Trinajstić information content (AvgIpc) is 3.48. The molecular formula is C22H29N5O. The minimum Gasteiger partial charge on any atom is -0.357 e. The summed E-state index contributed by atoms with van der Waals surface area (Å²) >= 11 is 0. The lowest BCUT2D eigenvalue weighted by Crippen LogP contribution is -2.23. The number of H-pyrrole nitrogens is 1. The molecule has 6 nitrogen and oxygen atoms in total. The third-order valence-corrected chi connectivity index (χ3v) is 6.17. The van der Waals surface area contributed by atoms with Crippen LogP contribution in [0.4, 0.5) is 0 Å². The van der Waals surface area contributed by atoms with Crippen molar-refractivity contribution >= 4 is 10.9 Å². The van der Waals surface area contributed by atoms with E-state index in [1.807, 2.05) is 0 Å². The molecule has 28 heavy (non-hydrogen) atoms. The van der Waals surface area contributed by atoms with Gasteiger partial charge in [0, 0.05) is 36.1 Å². The molecule has 2 aliphatic heterocycles. The Morgan fingerprint density at radius 1 is 1.11 bits per heavy atom. The predicted molar refractivity (Wildman–Crippen MR) is 109 cm³/mol. The van der Waals surface area contributed by atoms with Crippen LogP contribution >= 0.6 is 0 Å². The van der Waals surface area contributed by atoms with E-state index in [1.165, 1.54) is 54.5 Å². The molecule has 5 rings (SSSR count). The number of rotatable bonds is 6. The van der Waals surface area contributed by atoms with Crippen LogP contribution in [0.5, 0.6) is 0 Å². The number of hydrogen-bond donors (Lipinski definition) is 1. The van der Waals surface area contributed by atoms with Gasteiger partial charge in [-0.1, -0.05) is 18.1 Å². The molecule has 2 aliphatic rings. The van der Waals surface area contributed by atoms with Crippen LogP contribution in [0.2, 0.25) is 0 Å². The van der Waals surface area contributed by atoms with Gasteiger partial charge in [-0.3, -0.25) is 9.80 Å². The van der Waals surface area contributed by atoms with Gasteiger partial charge in [-0.15, -0.1) is 0 Å². The van der Waals surface area contributed by atoms with Gasteiger partial charge in [0.1, 0.15) is 0 Å². The van der Waals surface area contributed by atoms with Gasteiger partial charge in [-0.2, -0.15) is 4.98 Å². The van der Waals surface area contributed by atoms with Crippen molar-refractivity contribution in [3.63, 3.8) is 0 Å². The largest absolute Gasteiger partial charge is 0.357 e. The van der Waals surface area contributed by atoms with Gasteiger partial charge >= 0.3 is 0 Å². The van der Waals surface area contributed by atoms with E-state index < -0.39 is 0 Å². The van der Waals surface area contributed by atoms with E-state index in [9.17, 15) is 0 Å². The molecule has 3 aromatic rings. The second-order valence-electron chi connectivity index (χ2n) is 8.23. The molecule has 0 radical (unpaired) electrons. The predicted octanol–water partition coefficient (Wildman–Crippen LogP) is 4.05. The molecule has 2 fully saturated rings. The van der Waals surface area contributed by atoms with Crippen LogP contribution in [-0.2, 0) is 19.5 Å². The van der Waals surface area contributed by atoms with Crippen LogP contribution in [0.1, 0.15) is 61.6 Å². The van der Waals surface area contributed by atoms with Gasteiger partial charge in [0.15, 0.2) is 5.82 Å². The van der Waals surface area contributed by atoms with Crippen molar-refractivity contribution in [1.82, 2.24) is 24.9 Å². The van der Waals surface area contributed by atoms with Crippen LogP contribution in [0.3, 0.4) is 0 Å². The Kier molecular flexibility index (Phi) is 4.91. The minimum atomic E-state index is 0.250. The van der Waals surface area contributed by atoms with Gasteiger partial charge in [-0.05, 0) is 69.1 Å². The van der Waals surface area contributed by atoms with Crippen molar-refractivity contribution in [2.24, 2.45) is 0 Å². The fraction of sp³-hybridized carbons (Fsp3) is 0.545. The average molecular weight is 380 g/mol. The number of aryl methyl sites for hydroxylation is 1. The van der Waals surface area contributed by atoms with E-state index in [-0.39, 0.29) is 6.04 Å². The van der Waals surface area contributed by atoms with Crippen LogP contribution in [0, 0.1) is 0 Å². The molecule has 0 unspecified atom stereocenters. The molecule has 4 heterocycles. The molecule has 0 amide bonds. The van der Waals surface area contributed by atoms with Crippen molar-refractivity contribution in [3.8, 4) is 0 Å². The van der Waals surface area contributed by atoms with Crippen molar-refractivity contribution in [2.45, 2.75) is 58.2 Å². The molecule has 0 saturated carbocycles. The quantitative estimate of drug-likeness (QED) is 0.700. The summed E-state index contributed by atoms with van der Waals surface area (Å²) in [6.45, 7) is 7.57. The first-order chi connectivity index (χ1) is 13.8. The van der Waals surface area contributed by atoms with Crippen molar-refractivity contribution in [3.05, 3.63) is 47.2 Å². The smallest absolute Gasteiger partial charge is 0.244 e. The Hall–Kier alpha value is -2.18. The maximum atomic E-state index is 5.53. The van der Waals surface area contributed by atoms with E-state index in [4.69, 9.17) is 4.52 Å². The highest BCUT2D eigenvalue weighted by atomic mass is 16.5. The number of fused-ring (bicyclic) bond motifs is 1. The van der Waals surface area contributed by atoms with Crippen LogP contribution in [0.25, 0.3) is 10.9 Å². The fourth-order valence-electron chi connectivity index (χ4n) is 4.68. The summed E-state index contributed by atoms with van der Waals surface area (Å²) in [4.78, 5) is 13.2. The van der Waals surface area contributed by atoms with Gasteiger partial charge in [-0.25, -0.2) is 0 Å². The molecule has 2 aromatic heterocycles. The first kappa shape index (κ1) is 17.9. The first-order valence-electron chi connectivity index (χ1n) is 10.7. The fourth-order valence-corrected chi connectivity index (χ4v) is 4.68. The lowest BCUT2D eigenvalue weighted by molar-refractivity contribution is 0.201.